The molecule has 6 nitrogen and oxygen atoms in total. The molecule has 3 N–H and O–H groups in total. The zero-order valence-corrected chi connectivity index (χ0v) is 17.9. The van der Waals surface area contributed by atoms with Gasteiger partial charge in [0, 0.05) is 65.8 Å². The number of rotatable bonds is 4. The highest BCUT2D eigenvalue weighted by molar-refractivity contribution is 14.2. The van der Waals surface area contributed by atoms with Gasteiger partial charge in [-0.3, -0.25) is 3.97 Å². The van der Waals surface area contributed by atoms with Crippen molar-refractivity contribution in [2.24, 2.45) is 5.73 Å². The second-order valence-electron chi connectivity index (χ2n) is 6.62. The maximum Gasteiger partial charge on any atom is 0.183 e. The highest BCUT2D eigenvalue weighted by Gasteiger charge is 2.22. The number of nitrogens with two attached hydrogens (primary N) is 1. The third-order valence-electron chi connectivity index (χ3n) is 4.69. The van der Waals surface area contributed by atoms with E-state index in [0.29, 0.717) is 10.8 Å². The largest absolute Gasteiger partial charge is 0.365 e. The zero-order valence-electron chi connectivity index (χ0n) is 14.2. The molecule has 1 fully saturated rings. The van der Waals surface area contributed by atoms with E-state index in [4.69, 9.17) is 17.3 Å². The highest BCUT2D eigenvalue weighted by Crippen LogP contribution is 2.34. The number of hydrogen-bond donors (Lipinski definition) is 2. The Hall–Kier alpha value is -1.17. The molecule has 1 saturated carbocycles. The van der Waals surface area contributed by atoms with Crippen LogP contribution in [0.2, 0.25) is 5.02 Å². The van der Waals surface area contributed by atoms with Gasteiger partial charge in [0.05, 0.1) is 11.2 Å². The molecular formula is C17H17ClFIN6S. The van der Waals surface area contributed by atoms with Gasteiger partial charge in [0.2, 0.25) is 0 Å². The van der Waals surface area contributed by atoms with E-state index < -0.39 is 5.82 Å². The molecule has 2 atom stereocenters. The first kappa shape index (κ1) is 19.2. The molecule has 142 valence electrons. The van der Waals surface area contributed by atoms with E-state index in [2.05, 4.69) is 41.5 Å². The van der Waals surface area contributed by atoms with Crippen LogP contribution in [-0.4, -0.2) is 31.0 Å². The van der Waals surface area contributed by atoms with E-state index in [1.807, 2.05) is 16.2 Å². The summed E-state index contributed by atoms with van der Waals surface area (Å²) in [6, 6.07) is 2.09. The molecule has 0 aliphatic heterocycles. The third kappa shape index (κ3) is 4.01. The van der Waals surface area contributed by atoms with Gasteiger partial charge in [0.15, 0.2) is 23.1 Å². The van der Waals surface area contributed by atoms with Crippen molar-refractivity contribution in [2.45, 2.75) is 37.8 Å². The lowest BCUT2D eigenvalue weighted by Gasteiger charge is -2.27. The first-order valence-corrected chi connectivity index (χ1v) is 12.2. The lowest BCUT2D eigenvalue weighted by molar-refractivity contribution is 0.407. The quantitative estimate of drug-likeness (QED) is 0.482. The van der Waals surface area contributed by atoms with Crippen LogP contribution in [0, 0.1) is 5.82 Å². The van der Waals surface area contributed by atoms with Gasteiger partial charge in [0.25, 0.3) is 0 Å². The Labute approximate surface area is 177 Å². The number of fused-ring (bicyclic) bond motifs is 1. The summed E-state index contributed by atoms with van der Waals surface area (Å²) >= 11 is 8.30. The fraction of sp³-hybridized carbons (Fsp3) is 0.353. The van der Waals surface area contributed by atoms with Crippen molar-refractivity contribution in [3.63, 3.8) is 0 Å². The van der Waals surface area contributed by atoms with Gasteiger partial charge in [-0.25, -0.2) is 19.3 Å². The molecule has 0 bridgehead atoms. The number of halogens is 3. The monoisotopic (exact) mass is 518 g/mol. The van der Waals surface area contributed by atoms with Gasteiger partial charge in [-0.1, -0.05) is 11.6 Å². The first-order valence-electron chi connectivity index (χ1n) is 8.56. The average Bonchev–Trinajstić information content (AvgIpc) is 3.01. The number of nitrogens with zero attached hydrogens (tertiary/aromatic N) is 4. The van der Waals surface area contributed by atoms with Crippen LogP contribution < -0.4 is 11.1 Å². The molecule has 0 radical (unpaired) electrons. The molecule has 0 unspecified atom stereocenters. The van der Waals surface area contributed by atoms with Crippen LogP contribution in [0.25, 0.3) is 22.4 Å². The summed E-state index contributed by atoms with van der Waals surface area (Å²) in [5, 5.41) is 4.56. The molecule has 0 spiro atoms. The Morgan fingerprint density at radius 1 is 1.33 bits per heavy atom. The minimum atomic E-state index is -0.471. The summed E-state index contributed by atoms with van der Waals surface area (Å²) in [5.41, 5.74) is 7.56. The summed E-state index contributed by atoms with van der Waals surface area (Å²) in [5.74, 6) is 0.162. The summed E-state index contributed by atoms with van der Waals surface area (Å²) in [6.07, 6.45) is 8.49. The minimum absolute atomic E-state index is 0.119. The minimum Gasteiger partial charge on any atom is -0.365 e. The van der Waals surface area contributed by atoms with Crippen molar-refractivity contribution in [3.8, 4) is 11.4 Å². The van der Waals surface area contributed by atoms with Crippen molar-refractivity contribution in [3.05, 3.63) is 35.5 Å². The predicted molar refractivity (Wildman–Crippen MR) is 117 cm³/mol. The van der Waals surface area contributed by atoms with Gasteiger partial charge < -0.3 is 11.1 Å². The molecule has 4 rings (SSSR count). The molecule has 0 saturated heterocycles. The summed E-state index contributed by atoms with van der Waals surface area (Å²) in [4.78, 5) is 13.0. The van der Waals surface area contributed by atoms with Crippen molar-refractivity contribution in [1.29, 1.82) is 0 Å². The van der Waals surface area contributed by atoms with E-state index in [1.165, 1.54) is 15.3 Å². The molecule has 27 heavy (non-hydrogen) atoms. The van der Waals surface area contributed by atoms with Crippen LogP contribution in [0.15, 0.2) is 24.7 Å². The van der Waals surface area contributed by atoms with Crippen LogP contribution in [0.3, 0.4) is 0 Å². The van der Waals surface area contributed by atoms with Crippen LogP contribution in [-0.2, 0) is 0 Å². The van der Waals surface area contributed by atoms with Gasteiger partial charge in [-0.2, -0.15) is 0 Å². The van der Waals surface area contributed by atoms with Gasteiger partial charge in [-0.05, 0) is 31.7 Å². The molecule has 3 aromatic heterocycles. The summed E-state index contributed by atoms with van der Waals surface area (Å²) in [7, 11) is 1.48. The lowest BCUT2D eigenvalue weighted by atomic mass is 9.92. The third-order valence-corrected chi connectivity index (χ3v) is 6.60. The van der Waals surface area contributed by atoms with Crippen LogP contribution >= 0.6 is 41.9 Å². The molecule has 3 aromatic rings. The second kappa shape index (κ2) is 8.06. The fourth-order valence-corrected chi connectivity index (χ4v) is 4.85. The molecule has 1 aliphatic carbocycles. The number of pyridine rings is 1. The SMILES string of the molecule is N[C@@H]1CCC[C@H](Nc2nc(-c3cn(SI)c4ncc(Cl)cc34)ncc2F)C1. The Balaban J connectivity index is 1.72. The Morgan fingerprint density at radius 2 is 2.19 bits per heavy atom. The molecule has 1 aliphatic rings. The molecule has 10 heteroatoms. The number of hydrogen-bond acceptors (Lipinski definition) is 6. The maximum atomic E-state index is 14.3. The topological polar surface area (TPSA) is 81.6 Å². The second-order valence-corrected chi connectivity index (χ2v) is 8.77. The van der Waals surface area contributed by atoms with E-state index in [9.17, 15) is 4.39 Å². The summed E-state index contributed by atoms with van der Waals surface area (Å²) in [6.45, 7) is 0. The van der Waals surface area contributed by atoms with Crippen molar-refractivity contribution < 1.29 is 4.39 Å². The van der Waals surface area contributed by atoms with Crippen LogP contribution in [0.4, 0.5) is 10.2 Å². The zero-order chi connectivity index (χ0) is 19.0. The predicted octanol–water partition coefficient (Wildman–Crippen LogP) is 4.81. The molecule has 0 amide bonds. The van der Waals surface area contributed by atoms with Gasteiger partial charge in [-0.15, -0.1) is 0 Å². The first-order chi connectivity index (χ1) is 13.0. The van der Waals surface area contributed by atoms with E-state index in [1.54, 1.807) is 6.20 Å². The number of anilines is 1. The fourth-order valence-electron chi connectivity index (χ4n) is 3.43. The summed E-state index contributed by atoms with van der Waals surface area (Å²) < 4.78 is 16.2. The Morgan fingerprint density at radius 3 is 2.96 bits per heavy atom. The standard InChI is InChI=1S/C17H17ClFIN6S/c18-9-4-12-13(8-26(27-20)17(12)23-6-9)15-22-7-14(19)16(25-15)24-11-3-1-2-10(21)5-11/h4,6-8,10-11H,1-3,5,21H2,(H,22,24,25)/t10-,11+/m1/s1. The average molecular weight is 519 g/mol. The Kier molecular flexibility index (Phi) is 5.72. The van der Waals surface area contributed by atoms with E-state index in [-0.39, 0.29) is 17.9 Å². The van der Waals surface area contributed by atoms with Crippen molar-refractivity contribution >= 4 is 58.8 Å². The highest BCUT2D eigenvalue weighted by atomic mass is 127. The van der Waals surface area contributed by atoms with Crippen molar-refractivity contribution in [2.75, 3.05) is 5.32 Å². The smallest absolute Gasteiger partial charge is 0.183 e. The van der Waals surface area contributed by atoms with Gasteiger partial charge >= 0.3 is 0 Å². The molecular weight excluding hydrogens is 502 g/mol. The maximum absolute atomic E-state index is 14.3. The number of aromatic nitrogens is 4. The van der Waals surface area contributed by atoms with Crippen molar-refractivity contribution in [1.82, 2.24) is 18.9 Å². The lowest BCUT2D eigenvalue weighted by Crippen LogP contribution is -2.35. The van der Waals surface area contributed by atoms with Gasteiger partial charge in [0.1, 0.15) is 0 Å². The van der Waals surface area contributed by atoms with E-state index in [0.717, 1.165) is 42.3 Å². The van der Waals surface area contributed by atoms with Crippen LogP contribution in [0.1, 0.15) is 25.7 Å². The normalized spacial score (nSPS) is 20.1. The van der Waals surface area contributed by atoms with Crippen LogP contribution in [0.5, 0.6) is 0 Å². The Bertz CT molecular complexity index is 983. The number of nitrogens with one attached hydrogen (secondary N) is 1. The van der Waals surface area contributed by atoms with E-state index >= 15 is 0 Å². The molecule has 0 aromatic carbocycles. The molecule has 3 heterocycles.